The zero-order valence-corrected chi connectivity index (χ0v) is 16.6. The standard InChI is InChI=1S/C23H17ClN4O2/c24-16-8-3-7-15(11-16)18-13-25-28-20(23(30)27-22(18)28)12-21(29)26-19-10-4-6-14-5-1-2-9-17(14)19/h1-11,13,20H,12H2,(H,26,29)(H,27,30). The van der Waals surface area contributed by atoms with E-state index in [1.807, 2.05) is 60.7 Å². The van der Waals surface area contributed by atoms with E-state index in [0.717, 1.165) is 27.6 Å². The predicted molar refractivity (Wildman–Crippen MR) is 118 cm³/mol. The molecule has 6 nitrogen and oxygen atoms in total. The number of anilines is 2. The summed E-state index contributed by atoms with van der Waals surface area (Å²) in [6, 6.07) is 20.2. The number of halogens is 1. The molecule has 148 valence electrons. The summed E-state index contributed by atoms with van der Waals surface area (Å²) in [6.45, 7) is 0. The van der Waals surface area contributed by atoms with Gasteiger partial charge in [-0.2, -0.15) is 5.10 Å². The molecule has 1 atom stereocenters. The van der Waals surface area contributed by atoms with Crippen molar-refractivity contribution < 1.29 is 9.59 Å². The Hall–Kier alpha value is -3.64. The summed E-state index contributed by atoms with van der Waals surface area (Å²) in [7, 11) is 0. The van der Waals surface area contributed by atoms with Crippen molar-refractivity contribution in [2.45, 2.75) is 12.5 Å². The molecular formula is C23H17ClN4O2. The van der Waals surface area contributed by atoms with E-state index in [1.54, 1.807) is 16.9 Å². The Morgan fingerprint density at radius 3 is 2.77 bits per heavy atom. The molecule has 2 heterocycles. The highest BCUT2D eigenvalue weighted by molar-refractivity contribution is 6.30. The summed E-state index contributed by atoms with van der Waals surface area (Å²) in [6.07, 6.45) is 1.66. The van der Waals surface area contributed by atoms with E-state index >= 15 is 0 Å². The summed E-state index contributed by atoms with van der Waals surface area (Å²) in [5, 5.41) is 12.7. The van der Waals surface area contributed by atoms with Crippen molar-refractivity contribution in [2.24, 2.45) is 0 Å². The van der Waals surface area contributed by atoms with Gasteiger partial charge in [0, 0.05) is 21.7 Å². The van der Waals surface area contributed by atoms with Crippen LogP contribution in [-0.2, 0) is 9.59 Å². The number of nitrogens with zero attached hydrogens (tertiary/aromatic N) is 2. The predicted octanol–water partition coefficient (Wildman–Crippen LogP) is 4.88. The van der Waals surface area contributed by atoms with E-state index in [1.165, 1.54) is 0 Å². The van der Waals surface area contributed by atoms with Crippen LogP contribution < -0.4 is 10.6 Å². The van der Waals surface area contributed by atoms with Gasteiger partial charge >= 0.3 is 0 Å². The van der Waals surface area contributed by atoms with Gasteiger partial charge in [-0.15, -0.1) is 0 Å². The van der Waals surface area contributed by atoms with Crippen LogP contribution >= 0.6 is 11.6 Å². The molecular weight excluding hydrogens is 400 g/mol. The highest BCUT2D eigenvalue weighted by atomic mass is 35.5. The number of carbonyl (C=O) groups is 2. The van der Waals surface area contributed by atoms with E-state index in [2.05, 4.69) is 15.7 Å². The van der Waals surface area contributed by atoms with Crippen LogP contribution in [0.15, 0.2) is 72.9 Å². The molecule has 0 radical (unpaired) electrons. The van der Waals surface area contributed by atoms with Crippen molar-refractivity contribution in [2.75, 3.05) is 10.6 Å². The number of carbonyl (C=O) groups excluding carboxylic acids is 2. The molecule has 2 N–H and O–H groups in total. The number of benzene rings is 3. The van der Waals surface area contributed by atoms with Gasteiger partial charge in [0.15, 0.2) is 0 Å². The number of amides is 2. The molecule has 4 aromatic rings. The Morgan fingerprint density at radius 2 is 1.90 bits per heavy atom. The normalized spacial score (nSPS) is 15.1. The molecule has 1 unspecified atom stereocenters. The average molecular weight is 417 g/mol. The second-order valence-corrected chi connectivity index (χ2v) is 7.58. The zero-order valence-electron chi connectivity index (χ0n) is 15.8. The summed E-state index contributed by atoms with van der Waals surface area (Å²) in [4.78, 5) is 25.3. The first-order chi connectivity index (χ1) is 14.6. The van der Waals surface area contributed by atoms with Gasteiger partial charge in [0.2, 0.25) is 5.91 Å². The fourth-order valence-corrected chi connectivity index (χ4v) is 3.98. The van der Waals surface area contributed by atoms with Gasteiger partial charge < -0.3 is 10.6 Å². The van der Waals surface area contributed by atoms with Gasteiger partial charge in [-0.25, -0.2) is 4.68 Å². The van der Waals surface area contributed by atoms with Crippen molar-refractivity contribution in [3.63, 3.8) is 0 Å². The van der Waals surface area contributed by atoms with Gasteiger partial charge in [-0.3, -0.25) is 9.59 Å². The van der Waals surface area contributed by atoms with Gasteiger partial charge in [0.1, 0.15) is 11.9 Å². The summed E-state index contributed by atoms with van der Waals surface area (Å²) in [5.41, 5.74) is 2.34. The first-order valence-corrected chi connectivity index (χ1v) is 9.90. The first kappa shape index (κ1) is 18.4. The Balaban J connectivity index is 1.39. The lowest BCUT2D eigenvalue weighted by atomic mass is 10.1. The SMILES string of the molecule is O=C(CC1C(=O)Nc2c(-c3cccc(Cl)c3)cnn21)Nc1cccc2ccccc12. The van der Waals surface area contributed by atoms with Crippen LogP contribution in [0.4, 0.5) is 11.5 Å². The Kier molecular flexibility index (Phi) is 4.48. The van der Waals surface area contributed by atoms with Crippen LogP contribution in [0, 0.1) is 0 Å². The number of nitrogens with one attached hydrogen (secondary N) is 2. The molecule has 0 spiro atoms. The summed E-state index contributed by atoms with van der Waals surface area (Å²) < 4.78 is 1.57. The monoisotopic (exact) mass is 416 g/mol. The molecule has 30 heavy (non-hydrogen) atoms. The van der Waals surface area contributed by atoms with Crippen molar-refractivity contribution in [3.05, 3.63) is 77.9 Å². The molecule has 3 aromatic carbocycles. The molecule has 0 bridgehead atoms. The van der Waals surface area contributed by atoms with Crippen LogP contribution in [0.2, 0.25) is 5.02 Å². The Bertz CT molecular complexity index is 1290. The first-order valence-electron chi connectivity index (χ1n) is 9.52. The molecule has 1 aliphatic heterocycles. The lowest BCUT2D eigenvalue weighted by Gasteiger charge is -2.11. The molecule has 1 aromatic heterocycles. The molecule has 0 saturated heterocycles. The third-order valence-electron chi connectivity index (χ3n) is 5.21. The quantitative estimate of drug-likeness (QED) is 0.498. The van der Waals surface area contributed by atoms with Crippen molar-refractivity contribution in [1.82, 2.24) is 9.78 Å². The largest absolute Gasteiger partial charge is 0.325 e. The zero-order chi connectivity index (χ0) is 20.7. The van der Waals surface area contributed by atoms with Gasteiger partial charge in [0.25, 0.3) is 5.91 Å². The molecule has 5 rings (SSSR count). The van der Waals surface area contributed by atoms with Crippen LogP contribution in [0.1, 0.15) is 12.5 Å². The maximum Gasteiger partial charge on any atom is 0.251 e. The highest BCUT2D eigenvalue weighted by Crippen LogP contribution is 2.36. The maximum atomic E-state index is 12.7. The minimum absolute atomic E-state index is 0.0152. The molecule has 0 aliphatic carbocycles. The van der Waals surface area contributed by atoms with E-state index in [4.69, 9.17) is 11.6 Å². The average Bonchev–Trinajstić information content (AvgIpc) is 3.28. The number of hydrogen-bond donors (Lipinski definition) is 2. The van der Waals surface area contributed by atoms with E-state index in [-0.39, 0.29) is 18.2 Å². The van der Waals surface area contributed by atoms with Crippen LogP contribution in [-0.4, -0.2) is 21.6 Å². The maximum absolute atomic E-state index is 12.7. The van der Waals surface area contributed by atoms with Crippen LogP contribution in [0.5, 0.6) is 0 Å². The summed E-state index contributed by atoms with van der Waals surface area (Å²) in [5.74, 6) is 0.0684. The Labute approximate surface area is 177 Å². The van der Waals surface area contributed by atoms with Gasteiger partial charge in [-0.1, -0.05) is 60.1 Å². The number of fused-ring (bicyclic) bond motifs is 2. The molecule has 1 aliphatic rings. The molecule has 0 fully saturated rings. The lowest BCUT2D eigenvalue weighted by molar-refractivity contribution is -0.123. The summed E-state index contributed by atoms with van der Waals surface area (Å²) >= 11 is 6.09. The minimum atomic E-state index is -0.706. The third kappa shape index (κ3) is 3.21. The van der Waals surface area contributed by atoms with Crippen LogP contribution in [0.25, 0.3) is 21.9 Å². The van der Waals surface area contributed by atoms with E-state index in [0.29, 0.717) is 10.8 Å². The molecule has 2 amide bonds. The van der Waals surface area contributed by atoms with Crippen molar-refractivity contribution in [3.8, 4) is 11.1 Å². The van der Waals surface area contributed by atoms with E-state index < -0.39 is 6.04 Å². The van der Waals surface area contributed by atoms with E-state index in [9.17, 15) is 9.59 Å². The fraction of sp³-hybridized carbons (Fsp3) is 0.0870. The molecule has 7 heteroatoms. The number of rotatable bonds is 4. The Morgan fingerprint density at radius 1 is 1.10 bits per heavy atom. The lowest BCUT2D eigenvalue weighted by Crippen LogP contribution is -2.23. The third-order valence-corrected chi connectivity index (χ3v) is 5.45. The number of hydrogen-bond acceptors (Lipinski definition) is 3. The van der Waals surface area contributed by atoms with Crippen molar-refractivity contribution >= 4 is 45.7 Å². The smallest absolute Gasteiger partial charge is 0.251 e. The fourth-order valence-electron chi connectivity index (χ4n) is 3.79. The minimum Gasteiger partial charge on any atom is -0.325 e. The second-order valence-electron chi connectivity index (χ2n) is 7.15. The highest BCUT2D eigenvalue weighted by Gasteiger charge is 2.35. The van der Waals surface area contributed by atoms with Crippen LogP contribution in [0.3, 0.4) is 0 Å². The molecule has 0 saturated carbocycles. The topological polar surface area (TPSA) is 76.0 Å². The second kappa shape index (κ2) is 7.31. The van der Waals surface area contributed by atoms with Gasteiger partial charge in [-0.05, 0) is 29.1 Å². The number of aromatic nitrogens is 2. The van der Waals surface area contributed by atoms with Gasteiger partial charge in [0.05, 0.1) is 12.6 Å². The van der Waals surface area contributed by atoms with Crippen molar-refractivity contribution in [1.29, 1.82) is 0 Å².